The lowest BCUT2D eigenvalue weighted by Crippen LogP contribution is -2.43. The van der Waals surface area contributed by atoms with Crippen molar-refractivity contribution in [3.8, 4) is 17.2 Å². The third kappa shape index (κ3) is 4.58. The Bertz CT molecular complexity index is 1090. The molecular weight excluding hydrogens is 444 g/mol. The van der Waals surface area contributed by atoms with Crippen molar-refractivity contribution in [2.75, 3.05) is 38.7 Å². The van der Waals surface area contributed by atoms with E-state index in [4.69, 9.17) is 25.8 Å². The first-order chi connectivity index (χ1) is 14.9. The van der Waals surface area contributed by atoms with E-state index in [0.717, 1.165) is 0 Å². The Morgan fingerprint density at radius 1 is 1.16 bits per heavy atom. The highest BCUT2D eigenvalue weighted by molar-refractivity contribution is 7.89. The van der Waals surface area contributed by atoms with E-state index in [9.17, 15) is 13.2 Å². The summed E-state index contributed by atoms with van der Waals surface area (Å²) in [5.41, 5.74) is 0.575. The molecule has 0 spiro atoms. The highest BCUT2D eigenvalue weighted by Gasteiger charge is 2.35. The number of carbonyl (C=O) groups is 1. The van der Waals surface area contributed by atoms with Gasteiger partial charge in [-0.25, -0.2) is 8.42 Å². The maximum Gasteiger partial charge on any atom is 0.246 e. The van der Waals surface area contributed by atoms with E-state index in [2.05, 4.69) is 5.32 Å². The fourth-order valence-electron chi connectivity index (χ4n) is 3.73. The quantitative estimate of drug-likeness (QED) is 0.727. The molecule has 31 heavy (non-hydrogen) atoms. The van der Waals surface area contributed by atoms with Crippen LogP contribution in [-0.4, -0.2) is 52.0 Å². The first-order valence-electron chi connectivity index (χ1n) is 9.92. The first kappa shape index (κ1) is 21.7. The fraction of sp³-hybridized carbons (Fsp3) is 0.381. The minimum Gasteiger partial charge on any atom is -0.495 e. The molecule has 166 valence electrons. The molecule has 4 rings (SSSR count). The summed E-state index contributed by atoms with van der Waals surface area (Å²) < 4.78 is 44.0. The minimum absolute atomic E-state index is 0.00426. The Morgan fingerprint density at radius 3 is 2.71 bits per heavy atom. The molecule has 8 nitrogen and oxygen atoms in total. The number of piperidine rings is 1. The molecule has 0 unspecified atom stereocenters. The highest BCUT2D eigenvalue weighted by Crippen LogP contribution is 2.34. The van der Waals surface area contributed by atoms with E-state index in [1.165, 1.54) is 23.5 Å². The number of amides is 1. The molecule has 0 aliphatic carbocycles. The number of benzene rings is 2. The number of nitrogens with zero attached hydrogens (tertiary/aromatic N) is 1. The molecule has 2 aromatic carbocycles. The van der Waals surface area contributed by atoms with Gasteiger partial charge in [-0.1, -0.05) is 11.6 Å². The molecule has 1 N–H and O–H groups in total. The maximum atomic E-state index is 13.2. The van der Waals surface area contributed by atoms with Crippen molar-refractivity contribution in [1.82, 2.24) is 4.31 Å². The molecule has 2 aromatic rings. The zero-order chi connectivity index (χ0) is 22.0. The summed E-state index contributed by atoms with van der Waals surface area (Å²) in [5, 5.41) is 3.16. The molecule has 2 aliphatic rings. The molecule has 1 saturated heterocycles. The summed E-state index contributed by atoms with van der Waals surface area (Å²) in [4.78, 5) is 12.9. The van der Waals surface area contributed by atoms with Crippen molar-refractivity contribution in [3.05, 3.63) is 41.4 Å². The second-order valence-electron chi connectivity index (χ2n) is 7.35. The Hall–Kier alpha value is -2.49. The molecule has 0 bridgehead atoms. The lowest BCUT2D eigenvalue weighted by atomic mass is 9.98. The Balaban J connectivity index is 1.49. The molecule has 0 radical (unpaired) electrons. The molecular formula is C21H23ClN2O6S. The lowest BCUT2D eigenvalue weighted by Gasteiger charge is -2.31. The number of sulfonamides is 1. The van der Waals surface area contributed by atoms with Gasteiger partial charge in [0.25, 0.3) is 0 Å². The normalized spacial score (nSPS) is 19.0. The summed E-state index contributed by atoms with van der Waals surface area (Å²) in [6.45, 7) is 1.34. The number of methoxy groups -OCH3 is 1. The van der Waals surface area contributed by atoms with Crippen molar-refractivity contribution in [3.63, 3.8) is 0 Å². The average molecular weight is 467 g/mol. The Labute approximate surface area is 186 Å². The monoisotopic (exact) mass is 466 g/mol. The zero-order valence-corrected chi connectivity index (χ0v) is 18.5. The van der Waals surface area contributed by atoms with Crippen LogP contribution >= 0.6 is 11.6 Å². The molecule has 1 amide bonds. The molecule has 2 heterocycles. The summed E-state index contributed by atoms with van der Waals surface area (Å²) in [6, 6.07) is 9.65. The predicted molar refractivity (Wildman–Crippen MR) is 116 cm³/mol. The predicted octanol–water partition coefficient (Wildman–Crippen LogP) is 3.16. The van der Waals surface area contributed by atoms with Gasteiger partial charge in [0.1, 0.15) is 23.9 Å². The number of anilines is 1. The highest BCUT2D eigenvalue weighted by atomic mass is 35.5. The fourth-order valence-corrected chi connectivity index (χ4v) is 5.67. The van der Waals surface area contributed by atoms with E-state index in [1.807, 2.05) is 0 Å². The van der Waals surface area contributed by atoms with Crippen LogP contribution in [0, 0.1) is 5.92 Å². The van der Waals surface area contributed by atoms with E-state index in [-0.39, 0.29) is 23.1 Å². The average Bonchev–Trinajstić information content (AvgIpc) is 2.79. The first-order valence-corrected chi connectivity index (χ1v) is 11.7. The van der Waals surface area contributed by atoms with E-state index >= 15 is 0 Å². The standard InChI is InChI=1S/C21H23ClN2O6S/c1-28-18-6-4-15(22)11-20(18)31(26,27)24-8-2-3-14(13-24)21(25)23-16-5-7-17-19(12-16)30-10-9-29-17/h4-7,11-12,14H,2-3,8-10,13H2,1H3,(H,23,25)/t14-/m1/s1. The van der Waals surface area contributed by atoms with Gasteiger partial charge in [0.05, 0.1) is 13.0 Å². The SMILES string of the molecule is COc1ccc(Cl)cc1S(=O)(=O)N1CCC[C@@H](C(=O)Nc2ccc3c(c2)OCCO3)C1. The van der Waals surface area contributed by atoms with Gasteiger partial charge in [-0.2, -0.15) is 4.31 Å². The number of nitrogens with one attached hydrogen (secondary N) is 1. The lowest BCUT2D eigenvalue weighted by molar-refractivity contribution is -0.120. The van der Waals surface area contributed by atoms with Crippen LogP contribution in [-0.2, 0) is 14.8 Å². The van der Waals surface area contributed by atoms with Gasteiger partial charge in [-0.15, -0.1) is 0 Å². The largest absolute Gasteiger partial charge is 0.495 e. The van der Waals surface area contributed by atoms with Gasteiger partial charge in [0.2, 0.25) is 15.9 Å². The molecule has 2 aliphatic heterocycles. The van der Waals surface area contributed by atoms with Crippen molar-refractivity contribution in [2.45, 2.75) is 17.7 Å². The molecule has 1 fully saturated rings. The van der Waals surface area contributed by atoms with E-state index in [0.29, 0.717) is 54.8 Å². The Morgan fingerprint density at radius 2 is 1.94 bits per heavy atom. The van der Waals surface area contributed by atoms with E-state index < -0.39 is 15.9 Å². The topological polar surface area (TPSA) is 94.2 Å². The van der Waals surface area contributed by atoms with Crippen LogP contribution < -0.4 is 19.5 Å². The van der Waals surface area contributed by atoms with Gasteiger partial charge in [-0.05, 0) is 43.2 Å². The maximum absolute atomic E-state index is 13.2. The zero-order valence-electron chi connectivity index (χ0n) is 17.0. The van der Waals surface area contributed by atoms with Crippen LogP contribution in [0.3, 0.4) is 0 Å². The van der Waals surface area contributed by atoms with Gasteiger partial charge >= 0.3 is 0 Å². The molecule has 10 heteroatoms. The molecule has 0 aromatic heterocycles. The number of hydrogen-bond donors (Lipinski definition) is 1. The van der Waals surface area contributed by atoms with Crippen molar-refractivity contribution >= 4 is 33.2 Å². The third-order valence-electron chi connectivity index (χ3n) is 5.31. The van der Waals surface area contributed by atoms with Crippen molar-refractivity contribution in [1.29, 1.82) is 0 Å². The van der Waals surface area contributed by atoms with Crippen LogP contribution in [0.1, 0.15) is 12.8 Å². The van der Waals surface area contributed by atoms with Crippen LogP contribution in [0.15, 0.2) is 41.3 Å². The number of ether oxygens (including phenoxy) is 3. The van der Waals surface area contributed by atoms with Crippen molar-refractivity contribution < 1.29 is 27.4 Å². The Kier molecular flexibility index (Phi) is 6.27. The second-order valence-corrected chi connectivity index (χ2v) is 9.69. The van der Waals surface area contributed by atoms with Gasteiger partial charge < -0.3 is 19.5 Å². The minimum atomic E-state index is -3.87. The van der Waals surface area contributed by atoms with Crippen molar-refractivity contribution in [2.24, 2.45) is 5.92 Å². The smallest absolute Gasteiger partial charge is 0.246 e. The van der Waals surface area contributed by atoms with Crippen LogP contribution in [0.4, 0.5) is 5.69 Å². The van der Waals surface area contributed by atoms with Crippen LogP contribution in [0.25, 0.3) is 0 Å². The van der Waals surface area contributed by atoms with Gasteiger partial charge in [0.15, 0.2) is 11.5 Å². The number of fused-ring (bicyclic) bond motifs is 1. The van der Waals surface area contributed by atoms with Crippen LogP contribution in [0.5, 0.6) is 17.2 Å². The number of carbonyl (C=O) groups excluding carboxylic acids is 1. The van der Waals surface area contributed by atoms with Crippen LogP contribution in [0.2, 0.25) is 5.02 Å². The molecule has 1 atom stereocenters. The summed E-state index contributed by atoms with van der Waals surface area (Å²) in [7, 11) is -2.47. The summed E-state index contributed by atoms with van der Waals surface area (Å²) >= 11 is 6.02. The third-order valence-corrected chi connectivity index (χ3v) is 7.43. The van der Waals surface area contributed by atoms with E-state index in [1.54, 1.807) is 24.3 Å². The summed E-state index contributed by atoms with van der Waals surface area (Å²) in [5.74, 6) is 0.698. The summed E-state index contributed by atoms with van der Waals surface area (Å²) in [6.07, 6.45) is 1.16. The number of halogens is 1. The van der Waals surface area contributed by atoms with Gasteiger partial charge in [-0.3, -0.25) is 4.79 Å². The number of hydrogen-bond acceptors (Lipinski definition) is 6. The van der Waals surface area contributed by atoms with Gasteiger partial charge in [0, 0.05) is 29.9 Å². The second kappa shape index (κ2) is 8.94. The molecule has 0 saturated carbocycles. The number of rotatable bonds is 5.